The molecule has 2 aliphatic rings. The van der Waals surface area contributed by atoms with E-state index in [1.54, 1.807) is 4.90 Å². The van der Waals surface area contributed by atoms with Gasteiger partial charge in [-0.2, -0.15) is 0 Å². The van der Waals surface area contributed by atoms with Crippen molar-refractivity contribution in [2.75, 3.05) is 14.2 Å². The number of carbonyl (C=O) groups excluding carboxylic acids is 2. The molecule has 0 saturated heterocycles. The van der Waals surface area contributed by atoms with Crippen molar-refractivity contribution in [1.29, 1.82) is 0 Å². The number of allylic oxidation sites excluding steroid dienone is 1. The van der Waals surface area contributed by atoms with Crippen LogP contribution in [0.4, 0.5) is 0 Å². The first-order valence-electron chi connectivity index (χ1n) is 10.2. The summed E-state index contributed by atoms with van der Waals surface area (Å²) in [5.74, 6) is -0.353. The molecule has 1 unspecified atom stereocenters. The Hall–Kier alpha value is -2.54. The summed E-state index contributed by atoms with van der Waals surface area (Å²) in [5, 5.41) is 2.77. The number of fused-ring (bicyclic) bond motifs is 1. The van der Waals surface area contributed by atoms with Crippen molar-refractivity contribution in [3.05, 3.63) is 57.8 Å². The maximum atomic E-state index is 12.8. The van der Waals surface area contributed by atoms with Crippen molar-refractivity contribution in [2.45, 2.75) is 52.6 Å². The molecular weight excluding hydrogens is 398 g/mol. The molecule has 3 rings (SSSR count). The standard InChI is InChI=1S/C23H29N3O3S/c1-7-18-20(22(28)29-6)21(16-10-8-9-15(4)11-16)26-17(13-30-23(26)24-18)12-19(27)25(5)14(2)3/h8-11,13-14,21H,7,12H2,1-6H3. The first kappa shape index (κ1) is 22.2. The van der Waals surface area contributed by atoms with Crippen molar-refractivity contribution in [1.82, 2.24) is 9.80 Å². The lowest BCUT2D eigenvalue weighted by Crippen LogP contribution is -2.39. The molecule has 1 aromatic carbocycles. The van der Waals surface area contributed by atoms with Crippen LogP contribution in [0.3, 0.4) is 0 Å². The topological polar surface area (TPSA) is 62.2 Å². The SMILES string of the molecule is CCC1=C(C(=O)OC)C(c2cccc(C)c2)N2C(CC(=O)N(C)C(C)C)=CSC2=N1. The molecular formula is C23H29N3O3S. The Morgan fingerprint density at radius 2 is 2.07 bits per heavy atom. The predicted molar refractivity (Wildman–Crippen MR) is 121 cm³/mol. The Morgan fingerprint density at radius 1 is 1.33 bits per heavy atom. The maximum Gasteiger partial charge on any atom is 0.338 e. The monoisotopic (exact) mass is 427 g/mol. The van der Waals surface area contributed by atoms with Crippen molar-refractivity contribution in [3.63, 3.8) is 0 Å². The number of thioether (sulfide) groups is 1. The van der Waals surface area contributed by atoms with E-state index in [2.05, 4.69) is 6.07 Å². The maximum absolute atomic E-state index is 12.8. The van der Waals surface area contributed by atoms with Gasteiger partial charge < -0.3 is 14.5 Å². The third-order valence-corrected chi connectivity index (χ3v) is 6.38. The third kappa shape index (κ3) is 4.17. The van der Waals surface area contributed by atoms with Crippen LogP contribution in [0, 0.1) is 6.92 Å². The van der Waals surface area contributed by atoms with Gasteiger partial charge in [-0.3, -0.25) is 4.79 Å². The van der Waals surface area contributed by atoms with Crippen LogP contribution in [0.2, 0.25) is 0 Å². The van der Waals surface area contributed by atoms with Gasteiger partial charge in [-0.25, -0.2) is 9.79 Å². The molecule has 2 heterocycles. The lowest BCUT2D eigenvalue weighted by molar-refractivity contribution is -0.136. The first-order chi connectivity index (χ1) is 14.3. The summed E-state index contributed by atoms with van der Waals surface area (Å²) in [6, 6.07) is 7.84. The van der Waals surface area contributed by atoms with E-state index in [4.69, 9.17) is 9.73 Å². The van der Waals surface area contributed by atoms with E-state index in [9.17, 15) is 9.59 Å². The summed E-state index contributed by atoms with van der Waals surface area (Å²) in [6.45, 7) is 8.00. The average molecular weight is 428 g/mol. The van der Waals surface area contributed by atoms with Crippen LogP contribution in [-0.2, 0) is 14.3 Å². The molecule has 0 spiro atoms. The van der Waals surface area contributed by atoms with Crippen LogP contribution in [0.25, 0.3) is 0 Å². The summed E-state index contributed by atoms with van der Waals surface area (Å²) < 4.78 is 5.14. The van der Waals surface area contributed by atoms with E-state index < -0.39 is 0 Å². The number of carbonyl (C=O) groups is 2. The van der Waals surface area contributed by atoms with Gasteiger partial charge in [-0.1, -0.05) is 48.5 Å². The molecule has 0 N–H and O–H groups in total. The van der Waals surface area contributed by atoms with Crippen LogP contribution in [0.1, 0.15) is 50.8 Å². The zero-order valence-corrected chi connectivity index (χ0v) is 19.2. The highest BCUT2D eigenvalue weighted by atomic mass is 32.2. The Bertz CT molecular complexity index is 949. The van der Waals surface area contributed by atoms with Crippen molar-refractivity contribution in [3.8, 4) is 0 Å². The second kappa shape index (κ2) is 9.08. The molecule has 7 heteroatoms. The van der Waals surface area contributed by atoms with Crippen molar-refractivity contribution >= 4 is 28.8 Å². The van der Waals surface area contributed by atoms with Crippen LogP contribution in [0.15, 0.2) is 51.6 Å². The Labute approximate surface area is 182 Å². The first-order valence-corrected chi connectivity index (χ1v) is 11.0. The number of hydrogen-bond donors (Lipinski definition) is 0. The van der Waals surface area contributed by atoms with Gasteiger partial charge in [0, 0.05) is 18.8 Å². The van der Waals surface area contributed by atoms with E-state index in [0.29, 0.717) is 12.0 Å². The molecule has 30 heavy (non-hydrogen) atoms. The fourth-order valence-corrected chi connectivity index (χ4v) is 4.57. The molecule has 2 aliphatic heterocycles. The predicted octanol–water partition coefficient (Wildman–Crippen LogP) is 4.39. The highest BCUT2D eigenvalue weighted by Gasteiger charge is 2.41. The number of aliphatic imine (C=N–C) groups is 1. The normalized spacial score (nSPS) is 18.2. The summed E-state index contributed by atoms with van der Waals surface area (Å²) in [7, 11) is 3.21. The highest BCUT2D eigenvalue weighted by Crippen LogP contribution is 2.45. The van der Waals surface area contributed by atoms with Gasteiger partial charge in [0.25, 0.3) is 0 Å². The number of esters is 1. The molecule has 0 saturated carbocycles. The van der Waals surface area contributed by atoms with Gasteiger partial charge in [0.05, 0.1) is 30.8 Å². The van der Waals surface area contributed by atoms with E-state index in [0.717, 1.165) is 27.7 Å². The number of hydrogen-bond acceptors (Lipinski definition) is 6. The quantitative estimate of drug-likeness (QED) is 0.630. The van der Waals surface area contributed by atoms with Crippen molar-refractivity contribution in [2.24, 2.45) is 4.99 Å². The fourth-order valence-electron chi connectivity index (χ4n) is 3.64. The van der Waals surface area contributed by atoms with Gasteiger partial charge in [0.2, 0.25) is 5.91 Å². The number of aryl methyl sites for hydroxylation is 1. The molecule has 1 aromatic rings. The third-order valence-electron chi connectivity index (χ3n) is 5.49. The average Bonchev–Trinajstić information content (AvgIpc) is 3.13. The minimum atomic E-state index is -0.386. The summed E-state index contributed by atoms with van der Waals surface area (Å²) in [4.78, 5) is 34.2. The van der Waals surface area contributed by atoms with Crippen LogP contribution in [-0.4, -0.2) is 47.0 Å². The number of ether oxygens (including phenoxy) is 1. The van der Waals surface area contributed by atoms with E-state index >= 15 is 0 Å². The smallest absolute Gasteiger partial charge is 0.338 e. The van der Waals surface area contributed by atoms with Gasteiger partial charge in [-0.15, -0.1) is 0 Å². The molecule has 6 nitrogen and oxygen atoms in total. The molecule has 1 amide bonds. The van der Waals surface area contributed by atoms with Crippen molar-refractivity contribution < 1.29 is 14.3 Å². The molecule has 0 aliphatic carbocycles. The summed E-state index contributed by atoms with van der Waals surface area (Å²) >= 11 is 1.50. The number of benzene rings is 1. The van der Waals surface area contributed by atoms with Gasteiger partial charge in [0.15, 0.2) is 5.17 Å². The van der Waals surface area contributed by atoms with E-state index in [1.807, 2.05) is 63.2 Å². The van der Waals surface area contributed by atoms with Crippen LogP contribution < -0.4 is 0 Å². The minimum absolute atomic E-state index is 0.0333. The molecule has 160 valence electrons. The lowest BCUT2D eigenvalue weighted by atomic mass is 9.92. The van der Waals surface area contributed by atoms with Crippen LogP contribution >= 0.6 is 11.8 Å². The van der Waals surface area contributed by atoms with Crippen LogP contribution in [0.5, 0.6) is 0 Å². The zero-order chi connectivity index (χ0) is 22.0. The van der Waals surface area contributed by atoms with E-state index in [-0.39, 0.29) is 30.4 Å². The number of amides is 1. The molecule has 0 radical (unpaired) electrons. The number of amidine groups is 1. The number of rotatable bonds is 6. The highest BCUT2D eigenvalue weighted by molar-refractivity contribution is 8.16. The zero-order valence-electron chi connectivity index (χ0n) is 18.4. The molecule has 0 aromatic heterocycles. The van der Waals surface area contributed by atoms with Gasteiger partial charge in [-0.05, 0) is 38.2 Å². The second-order valence-corrected chi connectivity index (χ2v) is 8.63. The summed E-state index contributed by atoms with van der Waals surface area (Å²) in [6.07, 6.45) is 0.869. The number of nitrogens with zero attached hydrogens (tertiary/aromatic N) is 3. The Morgan fingerprint density at radius 3 is 2.67 bits per heavy atom. The molecule has 1 atom stereocenters. The minimum Gasteiger partial charge on any atom is -0.466 e. The summed E-state index contributed by atoms with van der Waals surface area (Å²) in [5.41, 5.74) is 4.19. The Balaban J connectivity index is 2.08. The van der Waals surface area contributed by atoms with Gasteiger partial charge in [0.1, 0.15) is 0 Å². The largest absolute Gasteiger partial charge is 0.466 e. The molecule has 0 bridgehead atoms. The number of methoxy groups -OCH3 is 1. The molecule has 0 fully saturated rings. The van der Waals surface area contributed by atoms with Gasteiger partial charge >= 0.3 is 5.97 Å². The fraction of sp³-hybridized carbons (Fsp3) is 0.435. The lowest BCUT2D eigenvalue weighted by Gasteiger charge is -2.37. The second-order valence-electron chi connectivity index (χ2n) is 7.79. The van der Waals surface area contributed by atoms with E-state index in [1.165, 1.54) is 18.9 Å². The Kier molecular flexibility index (Phi) is 6.71.